The highest BCUT2D eigenvalue weighted by molar-refractivity contribution is 5.96. The Balaban J connectivity index is 2.81. The first-order valence-electron chi connectivity index (χ1n) is 5.80. The highest BCUT2D eigenvalue weighted by Crippen LogP contribution is 2.10. The summed E-state index contributed by atoms with van der Waals surface area (Å²) in [4.78, 5) is 22.7. The summed E-state index contributed by atoms with van der Waals surface area (Å²) in [6, 6.07) is 1.60. The fraction of sp³-hybridized carbons (Fsp3) is 0.385. The lowest BCUT2D eigenvalue weighted by Crippen LogP contribution is -2.41. The maximum Gasteiger partial charge on any atom is 0.326 e. The van der Waals surface area contributed by atoms with Gasteiger partial charge in [0.1, 0.15) is 6.04 Å². The number of hydrogen-bond donors (Lipinski definition) is 2. The quantitative estimate of drug-likeness (QED) is 0.862. The first-order chi connectivity index (χ1) is 8.81. The van der Waals surface area contributed by atoms with E-state index in [0.717, 1.165) is 18.2 Å². The first kappa shape index (κ1) is 15.1. The summed E-state index contributed by atoms with van der Waals surface area (Å²) in [7, 11) is 0. The van der Waals surface area contributed by atoms with Crippen molar-refractivity contribution in [3.63, 3.8) is 0 Å². The van der Waals surface area contributed by atoms with Crippen LogP contribution in [0, 0.1) is 17.6 Å². The van der Waals surface area contributed by atoms with Crippen LogP contribution in [0.25, 0.3) is 0 Å². The van der Waals surface area contributed by atoms with Gasteiger partial charge in [-0.2, -0.15) is 0 Å². The Morgan fingerprint density at radius 1 is 1.26 bits per heavy atom. The predicted molar refractivity (Wildman–Crippen MR) is 64.7 cm³/mol. The molecule has 4 nitrogen and oxygen atoms in total. The van der Waals surface area contributed by atoms with E-state index in [1.807, 2.05) is 13.8 Å². The summed E-state index contributed by atoms with van der Waals surface area (Å²) in [6.45, 7) is 3.64. The van der Waals surface area contributed by atoms with Crippen molar-refractivity contribution in [2.24, 2.45) is 5.92 Å². The van der Waals surface area contributed by atoms with Crippen molar-refractivity contribution >= 4 is 11.9 Å². The lowest BCUT2D eigenvalue weighted by atomic mass is 10.0. The van der Waals surface area contributed by atoms with Gasteiger partial charge in [0.2, 0.25) is 0 Å². The zero-order valence-corrected chi connectivity index (χ0v) is 10.6. The minimum Gasteiger partial charge on any atom is -0.480 e. The molecule has 0 fully saturated rings. The molecule has 1 atom stereocenters. The van der Waals surface area contributed by atoms with Gasteiger partial charge in [-0.05, 0) is 30.5 Å². The van der Waals surface area contributed by atoms with Crippen LogP contribution in [0.3, 0.4) is 0 Å². The number of halogens is 2. The molecule has 0 aromatic heterocycles. The van der Waals surface area contributed by atoms with E-state index in [4.69, 9.17) is 5.11 Å². The number of rotatable bonds is 5. The monoisotopic (exact) mass is 271 g/mol. The fourth-order valence-corrected chi connectivity index (χ4v) is 1.57. The SMILES string of the molecule is CC(C)C[C@@H](NC(=O)c1ccc(F)c(F)c1)C(=O)O. The second-order valence-electron chi connectivity index (χ2n) is 4.62. The molecule has 0 radical (unpaired) electrons. The van der Waals surface area contributed by atoms with E-state index >= 15 is 0 Å². The van der Waals surface area contributed by atoms with Crippen molar-refractivity contribution in [3.8, 4) is 0 Å². The molecular formula is C13H15F2NO3. The molecule has 0 aliphatic heterocycles. The lowest BCUT2D eigenvalue weighted by molar-refractivity contribution is -0.139. The summed E-state index contributed by atoms with van der Waals surface area (Å²) in [5, 5.41) is 11.3. The van der Waals surface area contributed by atoms with Crippen molar-refractivity contribution in [2.45, 2.75) is 26.3 Å². The summed E-state index contributed by atoms with van der Waals surface area (Å²) >= 11 is 0. The van der Waals surface area contributed by atoms with Gasteiger partial charge in [-0.3, -0.25) is 4.79 Å². The van der Waals surface area contributed by atoms with E-state index in [1.165, 1.54) is 0 Å². The molecule has 0 bridgehead atoms. The normalized spacial score (nSPS) is 12.3. The van der Waals surface area contributed by atoms with Gasteiger partial charge >= 0.3 is 5.97 Å². The number of carboxylic acid groups (broad SMARTS) is 1. The predicted octanol–water partition coefficient (Wildman–Crippen LogP) is 2.19. The molecule has 19 heavy (non-hydrogen) atoms. The Bertz CT molecular complexity index is 489. The second-order valence-corrected chi connectivity index (χ2v) is 4.62. The third kappa shape index (κ3) is 4.31. The molecule has 0 aliphatic carbocycles. The Morgan fingerprint density at radius 2 is 1.89 bits per heavy atom. The third-order valence-electron chi connectivity index (χ3n) is 2.49. The minimum absolute atomic E-state index is 0.0753. The van der Waals surface area contributed by atoms with Crippen LogP contribution >= 0.6 is 0 Å². The highest BCUT2D eigenvalue weighted by Gasteiger charge is 2.22. The molecule has 2 N–H and O–H groups in total. The molecule has 0 saturated carbocycles. The maximum atomic E-state index is 13.0. The Labute approximate surface area is 109 Å². The van der Waals surface area contributed by atoms with Gasteiger partial charge < -0.3 is 10.4 Å². The van der Waals surface area contributed by atoms with Crippen LogP contribution < -0.4 is 5.32 Å². The van der Waals surface area contributed by atoms with Gasteiger partial charge in [-0.25, -0.2) is 13.6 Å². The standard InChI is InChI=1S/C13H15F2NO3/c1-7(2)5-11(13(18)19)16-12(17)8-3-4-9(14)10(15)6-8/h3-4,6-7,11H,5H2,1-2H3,(H,16,17)(H,18,19)/t11-/m1/s1. The summed E-state index contributed by atoms with van der Waals surface area (Å²) < 4.78 is 25.7. The smallest absolute Gasteiger partial charge is 0.326 e. The maximum absolute atomic E-state index is 13.0. The van der Waals surface area contributed by atoms with Crippen LogP contribution in [-0.2, 0) is 4.79 Å². The number of carboxylic acids is 1. The van der Waals surface area contributed by atoms with E-state index in [9.17, 15) is 18.4 Å². The van der Waals surface area contributed by atoms with Crippen LogP contribution in [0.2, 0.25) is 0 Å². The average molecular weight is 271 g/mol. The molecule has 0 spiro atoms. The number of nitrogens with one attached hydrogen (secondary N) is 1. The minimum atomic E-state index is -1.16. The van der Waals surface area contributed by atoms with Gasteiger partial charge in [0.25, 0.3) is 5.91 Å². The number of benzene rings is 1. The van der Waals surface area contributed by atoms with E-state index in [0.29, 0.717) is 0 Å². The largest absolute Gasteiger partial charge is 0.480 e. The molecule has 0 unspecified atom stereocenters. The van der Waals surface area contributed by atoms with E-state index in [1.54, 1.807) is 0 Å². The van der Waals surface area contributed by atoms with Gasteiger partial charge in [-0.1, -0.05) is 13.8 Å². The topological polar surface area (TPSA) is 66.4 Å². The van der Waals surface area contributed by atoms with Crippen molar-refractivity contribution < 1.29 is 23.5 Å². The molecule has 1 amide bonds. The Kier molecular flexibility index (Phi) is 4.97. The average Bonchev–Trinajstić information content (AvgIpc) is 2.31. The molecule has 0 aliphatic rings. The van der Waals surface area contributed by atoms with Crippen LogP contribution in [0.15, 0.2) is 18.2 Å². The first-order valence-corrected chi connectivity index (χ1v) is 5.80. The van der Waals surface area contributed by atoms with Crippen molar-refractivity contribution in [2.75, 3.05) is 0 Å². The molecule has 1 aromatic rings. The third-order valence-corrected chi connectivity index (χ3v) is 2.49. The van der Waals surface area contributed by atoms with Gasteiger partial charge in [0.05, 0.1) is 0 Å². The molecule has 1 rings (SSSR count). The zero-order chi connectivity index (χ0) is 14.6. The molecule has 104 valence electrons. The zero-order valence-electron chi connectivity index (χ0n) is 10.6. The summed E-state index contributed by atoms with van der Waals surface area (Å²) in [5.74, 6) is -4.04. The van der Waals surface area contributed by atoms with Gasteiger partial charge in [0, 0.05) is 5.56 Å². The molecule has 0 saturated heterocycles. The molecule has 0 heterocycles. The fourth-order valence-electron chi connectivity index (χ4n) is 1.57. The Hall–Kier alpha value is -1.98. The van der Waals surface area contributed by atoms with Crippen molar-refractivity contribution in [1.29, 1.82) is 0 Å². The summed E-state index contributed by atoms with van der Waals surface area (Å²) in [6.07, 6.45) is 0.255. The molecule has 1 aromatic carbocycles. The highest BCUT2D eigenvalue weighted by atomic mass is 19.2. The van der Waals surface area contributed by atoms with Crippen LogP contribution in [0.4, 0.5) is 8.78 Å². The summed E-state index contributed by atoms with van der Waals surface area (Å²) in [5.41, 5.74) is -0.117. The number of carbonyl (C=O) groups is 2. The van der Waals surface area contributed by atoms with E-state index in [2.05, 4.69) is 5.32 Å². The van der Waals surface area contributed by atoms with Crippen molar-refractivity contribution in [3.05, 3.63) is 35.4 Å². The molecule has 6 heteroatoms. The number of amides is 1. The van der Waals surface area contributed by atoms with Crippen molar-refractivity contribution in [1.82, 2.24) is 5.32 Å². The number of hydrogen-bond acceptors (Lipinski definition) is 2. The van der Waals surface area contributed by atoms with Crippen LogP contribution in [0.5, 0.6) is 0 Å². The van der Waals surface area contributed by atoms with Crippen LogP contribution in [0.1, 0.15) is 30.6 Å². The van der Waals surface area contributed by atoms with Gasteiger partial charge in [-0.15, -0.1) is 0 Å². The van der Waals surface area contributed by atoms with Gasteiger partial charge in [0.15, 0.2) is 11.6 Å². The second kappa shape index (κ2) is 6.26. The molecular weight excluding hydrogens is 256 g/mol. The number of carbonyl (C=O) groups excluding carboxylic acids is 1. The van der Waals surface area contributed by atoms with Crippen LogP contribution in [-0.4, -0.2) is 23.0 Å². The van der Waals surface area contributed by atoms with E-state index in [-0.39, 0.29) is 17.9 Å². The van der Waals surface area contributed by atoms with E-state index < -0.39 is 29.6 Å². The Morgan fingerprint density at radius 3 is 2.37 bits per heavy atom. The number of aliphatic carboxylic acids is 1. The lowest BCUT2D eigenvalue weighted by Gasteiger charge is -2.16.